The van der Waals surface area contributed by atoms with Gasteiger partial charge in [0.1, 0.15) is 11.2 Å². The number of benzene rings is 9. The van der Waals surface area contributed by atoms with Crippen molar-refractivity contribution in [1.82, 2.24) is 0 Å². The molecular formula is C64H48O. The molecule has 0 saturated carbocycles. The van der Waals surface area contributed by atoms with Gasteiger partial charge in [0.15, 0.2) is 0 Å². The summed E-state index contributed by atoms with van der Waals surface area (Å²) in [5, 5.41) is 2.31. The molecule has 2 atom stereocenters. The van der Waals surface area contributed by atoms with E-state index in [4.69, 9.17) is 4.42 Å². The summed E-state index contributed by atoms with van der Waals surface area (Å²) in [6.07, 6.45) is 5.33. The average molecular weight is 833 g/mol. The van der Waals surface area contributed by atoms with Gasteiger partial charge in [0, 0.05) is 21.8 Å². The summed E-state index contributed by atoms with van der Waals surface area (Å²) in [5.41, 5.74) is 24.4. The summed E-state index contributed by atoms with van der Waals surface area (Å²) < 4.78 is 6.51. The van der Waals surface area contributed by atoms with Gasteiger partial charge in [0.2, 0.25) is 0 Å². The van der Waals surface area contributed by atoms with E-state index in [1.165, 1.54) is 89.0 Å². The van der Waals surface area contributed by atoms with Gasteiger partial charge in [0.25, 0.3) is 0 Å². The Morgan fingerprint density at radius 1 is 0.462 bits per heavy atom. The molecular weight excluding hydrogens is 785 g/mol. The van der Waals surface area contributed by atoms with E-state index in [1.54, 1.807) is 0 Å². The van der Waals surface area contributed by atoms with Crippen LogP contribution in [0.1, 0.15) is 70.7 Å². The van der Waals surface area contributed by atoms with E-state index >= 15 is 0 Å². The molecule has 0 spiro atoms. The SMILES string of the molecule is CC1(C)c2ccccc2-c2ccc(CC(Cc3ccc4c(c3)C(C3=CC3)(c3ccccc3)c3cccc(-c5ccccc5)c3-4)c3ccc(-c4cccc5c4oc4ccccc45)cc3)cc21. The zero-order valence-electron chi connectivity index (χ0n) is 36.8. The molecule has 2 unspecified atom stereocenters. The third kappa shape index (κ3) is 5.85. The van der Waals surface area contributed by atoms with Gasteiger partial charge in [-0.15, -0.1) is 0 Å². The van der Waals surface area contributed by atoms with Gasteiger partial charge in [-0.05, 0) is 115 Å². The minimum atomic E-state index is -0.331. The van der Waals surface area contributed by atoms with Crippen LogP contribution < -0.4 is 0 Å². The number of furan rings is 1. The Morgan fingerprint density at radius 3 is 1.83 bits per heavy atom. The molecule has 1 heteroatoms. The average Bonchev–Trinajstić information content (AvgIpc) is 4.02. The second kappa shape index (κ2) is 14.5. The first kappa shape index (κ1) is 38.0. The lowest BCUT2D eigenvalue weighted by molar-refractivity contribution is 0.651. The third-order valence-corrected chi connectivity index (χ3v) is 15.1. The predicted octanol–water partition coefficient (Wildman–Crippen LogP) is 16.4. The number of hydrogen-bond acceptors (Lipinski definition) is 1. The highest BCUT2D eigenvalue weighted by atomic mass is 16.3. The molecule has 10 aromatic rings. The van der Waals surface area contributed by atoms with Crippen LogP contribution in [0.2, 0.25) is 0 Å². The van der Waals surface area contributed by atoms with Crippen molar-refractivity contribution in [3.05, 3.63) is 262 Å². The molecule has 1 aromatic heterocycles. The third-order valence-electron chi connectivity index (χ3n) is 15.1. The maximum Gasteiger partial charge on any atom is 0.143 e. The lowest BCUT2D eigenvalue weighted by atomic mass is 9.69. The van der Waals surface area contributed by atoms with Crippen molar-refractivity contribution in [2.24, 2.45) is 0 Å². The van der Waals surface area contributed by atoms with E-state index < -0.39 is 0 Å². The Hall–Kier alpha value is -7.48. The van der Waals surface area contributed by atoms with Crippen molar-refractivity contribution in [2.75, 3.05) is 0 Å². The number of rotatable bonds is 9. The molecule has 3 aliphatic rings. The lowest BCUT2D eigenvalue weighted by Crippen LogP contribution is -2.26. The molecule has 9 aromatic carbocycles. The van der Waals surface area contributed by atoms with Crippen molar-refractivity contribution < 1.29 is 4.42 Å². The normalized spacial score (nSPS) is 16.7. The Morgan fingerprint density at radius 2 is 1.05 bits per heavy atom. The van der Waals surface area contributed by atoms with Crippen LogP contribution in [0.25, 0.3) is 66.4 Å². The molecule has 1 nitrogen and oxygen atoms in total. The van der Waals surface area contributed by atoms with Crippen LogP contribution in [0.5, 0.6) is 0 Å². The van der Waals surface area contributed by atoms with Gasteiger partial charge in [-0.2, -0.15) is 0 Å². The lowest BCUT2D eigenvalue weighted by Gasteiger charge is -2.32. The monoisotopic (exact) mass is 832 g/mol. The van der Waals surface area contributed by atoms with Crippen molar-refractivity contribution in [3.63, 3.8) is 0 Å². The van der Waals surface area contributed by atoms with Gasteiger partial charge in [0.05, 0.1) is 5.41 Å². The molecule has 0 amide bonds. The van der Waals surface area contributed by atoms with Crippen molar-refractivity contribution in [3.8, 4) is 44.5 Å². The van der Waals surface area contributed by atoms with Gasteiger partial charge in [-0.25, -0.2) is 0 Å². The Labute approximate surface area is 381 Å². The van der Waals surface area contributed by atoms with Crippen LogP contribution in [-0.4, -0.2) is 0 Å². The van der Waals surface area contributed by atoms with Crippen LogP contribution in [0.15, 0.2) is 222 Å². The molecule has 65 heavy (non-hydrogen) atoms. The highest BCUT2D eigenvalue weighted by Crippen LogP contribution is 2.62. The van der Waals surface area contributed by atoms with Crippen LogP contribution >= 0.6 is 0 Å². The first-order valence-corrected chi connectivity index (χ1v) is 23.3. The van der Waals surface area contributed by atoms with Crippen molar-refractivity contribution >= 4 is 21.9 Å². The van der Waals surface area contributed by atoms with E-state index in [1.807, 2.05) is 6.07 Å². The summed E-state index contributed by atoms with van der Waals surface area (Å²) in [4.78, 5) is 0. The number of fused-ring (bicyclic) bond motifs is 9. The summed E-state index contributed by atoms with van der Waals surface area (Å²) in [7, 11) is 0. The molecule has 0 bridgehead atoms. The van der Waals surface area contributed by atoms with E-state index in [0.717, 1.165) is 46.8 Å². The Kier molecular flexibility index (Phi) is 8.50. The first-order chi connectivity index (χ1) is 32.0. The minimum absolute atomic E-state index is 0.0530. The zero-order valence-corrected chi connectivity index (χ0v) is 36.8. The van der Waals surface area contributed by atoms with E-state index in [-0.39, 0.29) is 16.7 Å². The maximum atomic E-state index is 6.51. The molecule has 0 fully saturated rings. The smallest absolute Gasteiger partial charge is 0.143 e. The molecule has 310 valence electrons. The predicted molar refractivity (Wildman–Crippen MR) is 270 cm³/mol. The van der Waals surface area contributed by atoms with Crippen LogP contribution in [0.3, 0.4) is 0 Å². The van der Waals surface area contributed by atoms with Gasteiger partial charge in [-0.1, -0.05) is 226 Å². The van der Waals surface area contributed by atoms with E-state index in [0.29, 0.717) is 0 Å². The second-order valence-electron chi connectivity index (χ2n) is 19.1. The molecule has 0 N–H and O–H groups in total. The summed E-state index contributed by atoms with van der Waals surface area (Å²) >= 11 is 0. The molecule has 13 rings (SSSR count). The van der Waals surface area contributed by atoms with E-state index in [9.17, 15) is 0 Å². The van der Waals surface area contributed by atoms with Crippen molar-refractivity contribution in [2.45, 2.75) is 49.9 Å². The fraction of sp³-hybridized carbons (Fsp3) is 0.125. The summed E-state index contributed by atoms with van der Waals surface area (Å²) in [6.45, 7) is 4.78. The Bertz CT molecular complexity index is 3530. The van der Waals surface area contributed by atoms with Gasteiger partial charge in [-0.3, -0.25) is 0 Å². The van der Waals surface area contributed by atoms with Gasteiger partial charge < -0.3 is 4.42 Å². The number of para-hydroxylation sites is 2. The maximum absolute atomic E-state index is 6.51. The van der Waals surface area contributed by atoms with Gasteiger partial charge >= 0.3 is 0 Å². The topological polar surface area (TPSA) is 13.1 Å². The van der Waals surface area contributed by atoms with Crippen LogP contribution in [0, 0.1) is 0 Å². The Balaban J connectivity index is 0.939. The zero-order chi connectivity index (χ0) is 43.3. The summed E-state index contributed by atoms with van der Waals surface area (Å²) in [6, 6.07) is 77.3. The summed E-state index contributed by atoms with van der Waals surface area (Å²) in [5.74, 6) is 0.240. The van der Waals surface area contributed by atoms with E-state index in [2.05, 4.69) is 220 Å². The highest BCUT2D eigenvalue weighted by Gasteiger charge is 2.50. The largest absolute Gasteiger partial charge is 0.455 e. The minimum Gasteiger partial charge on any atom is -0.455 e. The molecule has 0 aliphatic heterocycles. The molecule has 0 radical (unpaired) electrons. The molecule has 3 aliphatic carbocycles. The fourth-order valence-corrected chi connectivity index (χ4v) is 12.0. The highest BCUT2D eigenvalue weighted by molar-refractivity contribution is 6.09. The molecule has 1 heterocycles. The fourth-order valence-electron chi connectivity index (χ4n) is 12.0. The second-order valence-corrected chi connectivity index (χ2v) is 19.1. The quantitative estimate of drug-likeness (QED) is 0.132. The number of hydrogen-bond donors (Lipinski definition) is 0. The molecule has 0 saturated heterocycles. The first-order valence-electron chi connectivity index (χ1n) is 23.3. The van der Waals surface area contributed by atoms with Crippen LogP contribution in [0.4, 0.5) is 0 Å². The number of allylic oxidation sites excluding steroid dienone is 2. The standard InChI is InChI=1S/C64H48O/c1-63(2)56-24-11-9-19-51(56)52-35-27-41(39-58(52)63)37-46(43-29-31-45(32-30-43)50-22-13-23-54-53-20-10-12-26-60(53)65-62(50)54)38-42-28-36-55-59(40-42)64(48-33-34-48,47-17-7-4-8-18-47)57-25-14-21-49(61(55)57)44-15-5-3-6-16-44/h3-33,35-36,39-40,46H,34,37-38H2,1-2H3. The van der Waals surface area contributed by atoms with Crippen LogP contribution in [-0.2, 0) is 23.7 Å². The van der Waals surface area contributed by atoms with Crippen molar-refractivity contribution in [1.29, 1.82) is 0 Å².